The molecule has 0 fully saturated rings. The summed E-state index contributed by atoms with van der Waals surface area (Å²) in [6.45, 7) is 0.117. The lowest BCUT2D eigenvalue weighted by Gasteiger charge is -2.14. The molecule has 2 heterocycles. The van der Waals surface area contributed by atoms with Crippen LogP contribution in [0.3, 0.4) is 0 Å². The highest BCUT2D eigenvalue weighted by molar-refractivity contribution is 7.18. The normalized spacial score (nSPS) is 14.6. The number of ether oxygens (including phenoxy) is 1. The molecule has 1 aliphatic carbocycles. The summed E-state index contributed by atoms with van der Waals surface area (Å²) < 4.78 is 19.7. The zero-order valence-corrected chi connectivity index (χ0v) is 14.3. The van der Waals surface area contributed by atoms with Gasteiger partial charge < -0.3 is 9.84 Å². The molecule has 0 radical (unpaired) electrons. The quantitative estimate of drug-likeness (QED) is 0.759. The second-order valence-electron chi connectivity index (χ2n) is 6.16. The molecule has 5 nitrogen and oxygen atoms in total. The third-order valence-corrected chi connectivity index (χ3v) is 5.56. The number of aryl methyl sites for hydroxylation is 2. The molecule has 1 atom stereocenters. The third-order valence-electron chi connectivity index (χ3n) is 4.36. The molecule has 130 valence electrons. The standard InChI is InChI=1S/C18H17FN2O3S/c19-11-4-6-13(7-5-11)24-9-12(22)8-21-10-20-17-16(18(21)23)14-2-1-3-15(14)25-17/h4-7,10,12,22H,1-3,8-9H2/t12-/m1/s1. The van der Waals surface area contributed by atoms with Crippen molar-refractivity contribution in [3.63, 3.8) is 0 Å². The predicted molar refractivity (Wildman–Crippen MR) is 93.8 cm³/mol. The molecule has 0 spiro atoms. The van der Waals surface area contributed by atoms with Gasteiger partial charge in [-0.1, -0.05) is 0 Å². The Labute approximate surface area is 147 Å². The molecule has 4 rings (SSSR count). The average Bonchev–Trinajstić information content (AvgIpc) is 3.18. The fourth-order valence-electron chi connectivity index (χ4n) is 3.15. The van der Waals surface area contributed by atoms with Crippen molar-refractivity contribution in [1.29, 1.82) is 0 Å². The van der Waals surface area contributed by atoms with E-state index in [0.29, 0.717) is 11.1 Å². The van der Waals surface area contributed by atoms with Gasteiger partial charge in [-0.3, -0.25) is 9.36 Å². The van der Waals surface area contributed by atoms with E-state index in [9.17, 15) is 14.3 Å². The number of thiophene rings is 1. The largest absolute Gasteiger partial charge is 0.491 e. The van der Waals surface area contributed by atoms with E-state index in [1.807, 2.05) is 0 Å². The number of benzene rings is 1. The van der Waals surface area contributed by atoms with Gasteiger partial charge in [0.1, 0.15) is 29.1 Å². The Kier molecular flexibility index (Phi) is 4.27. The highest BCUT2D eigenvalue weighted by Crippen LogP contribution is 2.34. The van der Waals surface area contributed by atoms with E-state index in [0.717, 1.165) is 29.7 Å². The van der Waals surface area contributed by atoms with Crippen molar-refractivity contribution in [3.8, 4) is 5.75 Å². The fourth-order valence-corrected chi connectivity index (χ4v) is 4.37. The highest BCUT2D eigenvalue weighted by Gasteiger charge is 2.21. The van der Waals surface area contributed by atoms with E-state index in [-0.39, 0.29) is 24.5 Å². The summed E-state index contributed by atoms with van der Waals surface area (Å²) in [5, 5.41) is 10.9. The number of aliphatic hydroxyl groups excluding tert-OH is 1. The van der Waals surface area contributed by atoms with Crippen molar-refractivity contribution in [2.75, 3.05) is 6.61 Å². The second-order valence-corrected chi connectivity index (χ2v) is 7.24. The van der Waals surface area contributed by atoms with Crippen LogP contribution < -0.4 is 10.3 Å². The van der Waals surface area contributed by atoms with Crippen LogP contribution in [0.1, 0.15) is 16.9 Å². The minimum absolute atomic E-state index is 0.0118. The number of rotatable bonds is 5. The minimum Gasteiger partial charge on any atom is -0.491 e. The number of nitrogens with zero attached hydrogens (tertiary/aromatic N) is 2. The Morgan fingerprint density at radius 1 is 1.32 bits per heavy atom. The van der Waals surface area contributed by atoms with E-state index in [2.05, 4.69) is 4.98 Å². The van der Waals surface area contributed by atoms with E-state index >= 15 is 0 Å². The lowest BCUT2D eigenvalue weighted by molar-refractivity contribution is 0.0914. The van der Waals surface area contributed by atoms with Crippen LogP contribution in [0.15, 0.2) is 35.4 Å². The molecular weight excluding hydrogens is 343 g/mol. The van der Waals surface area contributed by atoms with Crippen LogP contribution in [0.4, 0.5) is 4.39 Å². The Balaban J connectivity index is 1.49. The summed E-state index contributed by atoms with van der Waals surface area (Å²) in [7, 11) is 0. The number of fused-ring (bicyclic) bond motifs is 3. The first-order valence-electron chi connectivity index (χ1n) is 8.18. The Morgan fingerprint density at radius 3 is 2.92 bits per heavy atom. The second kappa shape index (κ2) is 6.57. The molecular formula is C18H17FN2O3S. The van der Waals surface area contributed by atoms with Gasteiger partial charge in [0.25, 0.3) is 5.56 Å². The van der Waals surface area contributed by atoms with E-state index in [1.165, 1.54) is 40.0 Å². The maximum absolute atomic E-state index is 12.9. The van der Waals surface area contributed by atoms with Crippen molar-refractivity contribution < 1.29 is 14.2 Å². The zero-order valence-electron chi connectivity index (χ0n) is 13.4. The molecule has 2 aromatic heterocycles. The molecule has 0 saturated heterocycles. The average molecular weight is 360 g/mol. The summed E-state index contributed by atoms with van der Waals surface area (Å²) in [5.74, 6) is 0.124. The summed E-state index contributed by atoms with van der Waals surface area (Å²) in [4.78, 5) is 19.1. The number of aromatic nitrogens is 2. The van der Waals surface area contributed by atoms with Crippen LogP contribution in [0.2, 0.25) is 0 Å². The monoisotopic (exact) mass is 360 g/mol. The maximum atomic E-state index is 12.9. The van der Waals surface area contributed by atoms with Crippen molar-refractivity contribution in [1.82, 2.24) is 9.55 Å². The maximum Gasteiger partial charge on any atom is 0.262 e. The first-order chi connectivity index (χ1) is 12.1. The van der Waals surface area contributed by atoms with Crippen LogP contribution in [-0.4, -0.2) is 27.4 Å². The molecule has 0 saturated carbocycles. The molecule has 0 bridgehead atoms. The van der Waals surface area contributed by atoms with Crippen molar-refractivity contribution in [2.24, 2.45) is 0 Å². The Bertz CT molecular complexity index is 965. The van der Waals surface area contributed by atoms with Gasteiger partial charge in [-0.05, 0) is 49.1 Å². The number of aliphatic hydroxyl groups is 1. The Hall–Kier alpha value is -2.25. The van der Waals surface area contributed by atoms with Gasteiger partial charge >= 0.3 is 0 Å². The van der Waals surface area contributed by atoms with Gasteiger partial charge in [-0.2, -0.15) is 0 Å². The molecule has 25 heavy (non-hydrogen) atoms. The zero-order chi connectivity index (χ0) is 17.4. The number of halogens is 1. The third kappa shape index (κ3) is 3.17. The van der Waals surface area contributed by atoms with Gasteiger partial charge in [0.15, 0.2) is 0 Å². The first kappa shape index (κ1) is 16.2. The number of hydrogen-bond donors (Lipinski definition) is 1. The van der Waals surface area contributed by atoms with Crippen LogP contribution in [0.25, 0.3) is 10.2 Å². The Morgan fingerprint density at radius 2 is 2.12 bits per heavy atom. The van der Waals surface area contributed by atoms with E-state index in [4.69, 9.17) is 4.74 Å². The predicted octanol–water partition coefficient (Wildman–Crippen LogP) is 2.53. The SMILES string of the molecule is O=c1c2c3c(sc2ncn1C[C@@H](O)COc1ccc(F)cc1)CCC3. The lowest BCUT2D eigenvalue weighted by atomic mass is 10.2. The summed E-state index contributed by atoms with van der Waals surface area (Å²) in [5.41, 5.74) is 1.02. The topological polar surface area (TPSA) is 64.4 Å². The van der Waals surface area contributed by atoms with Crippen LogP contribution in [0, 0.1) is 5.82 Å². The summed E-state index contributed by atoms with van der Waals surface area (Å²) >= 11 is 1.59. The van der Waals surface area contributed by atoms with Crippen LogP contribution >= 0.6 is 11.3 Å². The van der Waals surface area contributed by atoms with Gasteiger partial charge in [-0.25, -0.2) is 9.37 Å². The first-order valence-corrected chi connectivity index (χ1v) is 8.99. The highest BCUT2D eigenvalue weighted by atomic mass is 32.1. The molecule has 1 aromatic carbocycles. The van der Waals surface area contributed by atoms with Crippen LogP contribution in [0.5, 0.6) is 5.75 Å². The van der Waals surface area contributed by atoms with Crippen LogP contribution in [-0.2, 0) is 19.4 Å². The van der Waals surface area contributed by atoms with E-state index < -0.39 is 6.10 Å². The molecule has 3 aromatic rings. The molecule has 7 heteroatoms. The fraction of sp³-hybridized carbons (Fsp3) is 0.333. The van der Waals surface area contributed by atoms with Gasteiger partial charge in [0, 0.05) is 4.88 Å². The van der Waals surface area contributed by atoms with Gasteiger partial charge in [-0.15, -0.1) is 11.3 Å². The van der Waals surface area contributed by atoms with Crippen molar-refractivity contribution >= 4 is 21.6 Å². The van der Waals surface area contributed by atoms with Crippen molar-refractivity contribution in [2.45, 2.75) is 31.9 Å². The minimum atomic E-state index is -0.867. The summed E-state index contributed by atoms with van der Waals surface area (Å²) in [6, 6.07) is 5.58. The lowest BCUT2D eigenvalue weighted by Crippen LogP contribution is -2.30. The molecule has 0 amide bonds. The number of hydrogen-bond acceptors (Lipinski definition) is 5. The molecule has 0 aliphatic heterocycles. The van der Waals surface area contributed by atoms with E-state index in [1.54, 1.807) is 11.3 Å². The molecule has 1 N–H and O–H groups in total. The van der Waals surface area contributed by atoms with Crippen molar-refractivity contribution in [3.05, 3.63) is 57.2 Å². The molecule has 0 unspecified atom stereocenters. The van der Waals surface area contributed by atoms with Gasteiger partial charge in [0.05, 0.1) is 18.3 Å². The smallest absolute Gasteiger partial charge is 0.262 e. The van der Waals surface area contributed by atoms with Gasteiger partial charge in [0.2, 0.25) is 0 Å². The summed E-state index contributed by atoms with van der Waals surface area (Å²) in [6.07, 6.45) is 3.64. The molecule has 1 aliphatic rings.